The highest BCUT2D eigenvalue weighted by Gasteiger charge is 2.34. The van der Waals surface area contributed by atoms with Gasteiger partial charge in [-0.3, -0.25) is 4.79 Å². The number of fused-ring (bicyclic) bond motifs is 3. The predicted molar refractivity (Wildman–Crippen MR) is 112 cm³/mol. The largest absolute Gasteiger partial charge is 0.507 e. The number of phenols is 1. The second-order valence-electron chi connectivity index (χ2n) is 7.80. The first kappa shape index (κ1) is 18.6. The fraction of sp³-hybridized carbons (Fsp3) is 0.375. The van der Waals surface area contributed by atoms with Crippen molar-refractivity contribution in [1.82, 2.24) is 0 Å². The summed E-state index contributed by atoms with van der Waals surface area (Å²) in [7, 11) is 0. The van der Waals surface area contributed by atoms with E-state index in [1.165, 1.54) is 5.56 Å². The molecule has 28 heavy (non-hydrogen) atoms. The summed E-state index contributed by atoms with van der Waals surface area (Å²) in [6.07, 6.45) is 6.19. The summed E-state index contributed by atoms with van der Waals surface area (Å²) < 4.78 is 5.90. The maximum Gasteiger partial charge on any atom is 0.156 e. The van der Waals surface area contributed by atoms with E-state index in [0.717, 1.165) is 42.5 Å². The molecule has 0 radical (unpaired) electrons. The van der Waals surface area contributed by atoms with Gasteiger partial charge in [0, 0.05) is 41.8 Å². The highest BCUT2D eigenvalue weighted by atomic mass is 16.5. The molecule has 0 fully saturated rings. The first-order valence-corrected chi connectivity index (χ1v) is 10.2. The monoisotopic (exact) mass is 377 g/mol. The number of nitrogens with one attached hydrogen (secondary N) is 1. The quantitative estimate of drug-likeness (QED) is 0.698. The Bertz CT molecular complexity index is 888. The third-order valence-electron chi connectivity index (χ3n) is 5.76. The molecule has 0 saturated carbocycles. The van der Waals surface area contributed by atoms with Gasteiger partial charge in [0.15, 0.2) is 5.78 Å². The summed E-state index contributed by atoms with van der Waals surface area (Å²) in [5.74, 6) is 1.25. The van der Waals surface area contributed by atoms with Crippen molar-refractivity contribution >= 4 is 17.0 Å². The lowest BCUT2D eigenvalue weighted by atomic mass is 9.76. The molecule has 146 valence electrons. The molecular formula is C24H27NO3. The first-order valence-electron chi connectivity index (χ1n) is 10.2. The number of aromatic hydroxyl groups is 1. The molecule has 1 aliphatic carbocycles. The zero-order chi connectivity index (χ0) is 19.5. The van der Waals surface area contributed by atoms with Gasteiger partial charge < -0.3 is 15.2 Å². The molecule has 2 aromatic rings. The Hall–Kier alpha value is -2.75. The van der Waals surface area contributed by atoms with Crippen molar-refractivity contribution in [2.75, 3.05) is 11.9 Å². The van der Waals surface area contributed by atoms with E-state index in [0.29, 0.717) is 18.8 Å². The highest BCUT2D eigenvalue weighted by Crippen LogP contribution is 2.47. The number of ketones is 1. The molecule has 4 rings (SSSR count). The lowest BCUT2D eigenvalue weighted by molar-refractivity contribution is -0.115. The number of hydrogen-bond acceptors (Lipinski definition) is 4. The van der Waals surface area contributed by atoms with E-state index in [-0.39, 0.29) is 23.5 Å². The van der Waals surface area contributed by atoms with E-state index in [1.54, 1.807) is 12.1 Å². The molecular weight excluding hydrogens is 350 g/mol. The SMILES string of the molecule is C[C@H]1Nc2cc(OCCCCc3ccccc3)cc(O)c2C2=CC(=O)CCC21. The minimum Gasteiger partial charge on any atom is -0.507 e. The molecule has 4 heteroatoms. The number of rotatable bonds is 6. The zero-order valence-electron chi connectivity index (χ0n) is 16.3. The van der Waals surface area contributed by atoms with Crippen LogP contribution in [0.5, 0.6) is 11.5 Å². The molecule has 0 aromatic heterocycles. The van der Waals surface area contributed by atoms with Crippen LogP contribution in [-0.4, -0.2) is 23.5 Å². The molecule has 0 saturated heterocycles. The molecule has 2 aliphatic rings. The van der Waals surface area contributed by atoms with Crippen LogP contribution in [-0.2, 0) is 11.2 Å². The van der Waals surface area contributed by atoms with Crippen LogP contribution in [0.1, 0.15) is 43.7 Å². The van der Waals surface area contributed by atoms with Gasteiger partial charge in [0.2, 0.25) is 0 Å². The van der Waals surface area contributed by atoms with E-state index >= 15 is 0 Å². The lowest BCUT2D eigenvalue weighted by Gasteiger charge is -2.37. The summed E-state index contributed by atoms with van der Waals surface area (Å²) in [6, 6.07) is 14.3. The Morgan fingerprint density at radius 2 is 2.00 bits per heavy atom. The molecule has 4 nitrogen and oxygen atoms in total. The second kappa shape index (κ2) is 8.09. The van der Waals surface area contributed by atoms with Gasteiger partial charge in [-0.05, 0) is 49.8 Å². The molecule has 1 unspecified atom stereocenters. The fourth-order valence-electron chi connectivity index (χ4n) is 4.30. The normalized spacial score (nSPS) is 20.6. The Balaban J connectivity index is 1.41. The number of carbonyl (C=O) groups is 1. The van der Waals surface area contributed by atoms with Crippen LogP contribution in [0.15, 0.2) is 48.5 Å². The van der Waals surface area contributed by atoms with Crippen LogP contribution in [0, 0.1) is 5.92 Å². The number of anilines is 1. The van der Waals surface area contributed by atoms with Crippen LogP contribution >= 0.6 is 0 Å². The molecule has 2 N–H and O–H groups in total. The van der Waals surface area contributed by atoms with Crippen LogP contribution in [0.3, 0.4) is 0 Å². The van der Waals surface area contributed by atoms with Crippen molar-refractivity contribution in [3.8, 4) is 11.5 Å². The summed E-state index contributed by atoms with van der Waals surface area (Å²) in [5.41, 5.74) is 3.91. The number of benzene rings is 2. The number of ether oxygens (including phenoxy) is 1. The van der Waals surface area contributed by atoms with Crippen LogP contribution in [0.25, 0.3) is 5.57 Å². The van der Waals surface area contributed by atoms with E-state index in [4.69, 9.17) is 4.74 Å². The minimum atomic E-state index is 0.143. The first-order chi connectivity index (χ1) is 13.6. The highest BCUT2D eigenvalue weighted by molar-refractivity contribution is 6.02. The predicted octanol–water partition coefficient (Wildman–Crippen LogP) is 4.97. The Labute approximate surface area is 166 Å². The number of hydrogen-bond donors (Lipinski definition) is 2. The van der Waals surface area contributed by atoms with E-state index in [2.05, 4.69) is 36.5 Å². The Morgan fingerprint density at radius 1 is 1.18 bits per heavy atom. The van der Waals surface area contributed by atoms with Gasteiger partial charge in [0.25, 0.3) is 0 Å². The lowest BCUT2D eigenvalue weighted by Crippen LogP contribution is -2.34. The van der Waals surface area contributed by atoms with Crippen LogP contribution in [0.2, 0.25) is 0 Å². The molecule has 1 aliphatic heterocycles. The molecule has 2 atom stereocenters. The van der Waals surface area contributed by atoms with Crippen molar-refractivity contribution in [2.45, 2.75) is 45.1 Å². The summed E-state index contributed by atoms with van der Waals surface area (Å²) in [6.45, 7) is 2.75. The zero-order valence-corrected chi connectivity index (χ0v) is 16.3. The smallest absolute Gasteiger partial charge is 0.156 e. The number of unbranched alkanes of at least 4 members (excludes halogenated alkanes) is 1. The molecule has 0 spiro atoms. The number of allylic oxidation sites excluding steroid dienone is 1. The number of aryl methyl sites for hydroxylation is 1. The minimum absolute atomic E-state index is 0.143. The van der Waals surface area contributed by atoms with E-state index in [9.17, 15) is 9.90 Å². The van der Waals surface area contributed by atoms with Gasteiger partial charge in [-0.25, -0.2) is 0 Å². The second-order valence-corrected chi connectivity index (χ2v) is 7.80. The third kappa shape index (κ3) is 3.91. The summed E-state index contributed by atoms with van der Waals surface area (Å²) >= 11 is 0. The van der Waals surface area contributed by atoms with Crippen molar-refractivity contribution < 1.29 is 14.6 Å². The Kier molecular flexibility index (Phi) is 5.38. The average molecular weight is 377 g/mol. The van der Waals surface area contributed by atoms with Gasteiger partial charge in [-0.15, -0.1) is 0 Å². The van der Waals surface area contributed by atoms with Crippen LogP contribution < -0.4 is 10.1 Å². The standard InChI is InChI=1S/C24H27NO3/c1-16-20-11-10-18(26)13-21(20)24-22(25-16)14-19(15-23(24)27)28-12-6-5-9-17-7-3-2-4-8-17/h2-4,7-8,13-16,20,25,27H,5-6,9-12H2,1H3/t16-,20?/m1/s1. The van der Waals surface area contributed by atoms with Gasteiger partial charge >= 0.3 is 0 Å². The van der Waals surface area contributed by atoms with Gasteiger partial charge in [-0.1, -0.05) is 30.3 Å². The van der Waals surface area contributed by atoms with Crippen molar-refractivity contribution in [3.05, 3.63) is 59.7 Å². The molecule has 0 amide bonds. The summed E-state index contributed by atoms with van der Waals surface area (Å²) in [4.78, 5) is 11.9. The molecule has 1 heterocycles. The molecule has 2 aromatic carbocycles. The number of carbonyl (C=O) groups excluding carboxylic acids is 1. The van der Waals surface area contributed by atoms with Gasteiger partial charge in [0.1, 0.15) is 11.5 Å². The maximum atomic E-state index is 11.9. The van der Waals surface area contributed by atoms with Gasteiger partial charge in [0.05, 0.1) is 6.61 Å². The van der Waals surface area contributed by atoms with Crippen molar-refractivity contribution in [2.24, 2.45) is 5.92 Å². The van der Waals surface area contributed by atoms with Crippen molar-refractivity contribution in [1.29, 1.82) is 0 Å². The average Bonchev–Trinajstić information content (AvgIpc) is 2.68. The van der Waals surface area contributed by atoms with Crippen molar-refractivity contribution in [3.63, 3.8) is 0 Å². The maximum absolute atomic E-state index is 11.9. The van der Waals surface area contributed by atoms with Gasteiger partial charge in [-0.2, -0.15) is 0 Å². The fourth-order valence-corrected chi connectivity index (χ4v) is 4.30. The Morgan fingerprint density at radius 3 is 2.82 bits per heavy atom. The topological polar surface area (TPSA) is 58.6 Å². The summed E-state index contributed by atoms with van der Waals surface area (Å²) in [5, 5.41) is 14.1. The van der Waals surface area contributed by atoms with Crippen LogP contribution in [0.4, 0.5) is 5.69 Å². The third-order valence-corrected chi connectivity index (χ3v) is 5.76. The molecule has 0 bridgehead atoms. The number of phenolic OH excluding ortho intramolecular Hbond substituents is 1. The van der Waals surface area contributed by atoms with E-state index in [1.807, 2.05) is 12.1 Å². The van der Waals surface area contributed by atoms with E-state index < -0.39 is 0 Å².